The van der Waals surface area contributed by atoms with E-state index < -0.39 is 0 Å². The molecule has 0 bridgehead atoms. The fourth-order valence-corrected chi connectivity index (χ4v) is 9.48. The Morgan fingerprint density at radius 2 is 1.77 bits per heavy atom. The van der Waals surface area contributed by atoms with E-state index in [4.69, 9.17) is 9.47 Å². The number of rotatable bonds is 3. The third-order valence-corrected chi connectivity index (χ3v) is 11.3. The molecule has 35 heavy (non-hydrogen) atoms. The van der Waals surface area contributed by atoms with Crippen LogP contribution in [0.3, 0.4) is 0 Å². The third-order valence-electron chi connectivity index (χ3n) is 11.3. The molecule has 0 aromatic heterocycles. The molecule has 5 aliphatic rings. The van der Waals surface area contributed by atoms with Crippen molar-refractivity contribution in [2.45, 2.75) is 96.7 Å². The first-order valence-corrected chi connectivity index (χ1v) is 13.9. The molecular formula is C31H40O4. The zero-order chi connectivity index (χ0) is 24.4. The molecule has 0 N–H and O–H groups in total. The zero-order valence-electron chi connectivity index (χ0n) is 21.6. The van der Waals surface area contributed by atoms with Gasteiger partial charge >= 0.3 is 11.9 Å². The summed E-state index contributed by atoms with van der Waals surface area (Å²) >= 11 is 0. The van der Waals surface area contributed by atoms with E-state index in [9.17, 15) is 9.59 Å². The molecule has 1 heterocycles. The molecule has 8 atom stereocenters. The molecule has 1 aromatic carbocycles. The minimum absolute atomic E-state index is 0.00397. The van der Waals surface area contributed by atoms with Gasteiger partial charge in [-0.15, -0.1) is 0 Å². The first kappa shape index (κ1) is 23.3. The summed E-state index contributed by atoms with van der Waals surface area (Å²) in [7, 11) is 0. The summed E-state index contributed by atoms with van der Waals surface area (Å²) in [6, 6.07) is 9.37. The smallest absolute Gasteiger partial charge is 0.338 e. The van der Waals surface area contributed by atoms with Crippen molar-refractivity contribution in [3.05, 3.63) is 47.5 Å². The van der Waals surface area contributed by atoms with Gasteiger partial charge in [0.1, 0.15) is 11.7 Å². The Labute approximate surface area is 209 Å². The second-order valence-corrected chi connectivity index (χ2v) is 12.9. The standard InChI is InChI=1S/C31H40O4/c1-29-16-13-22(34-28(33)20-7-5-4-6-8-20)19-21(29)9-10-23-24-11-12-26(30(24,2)17-14-25(23)29)31(3)18-15-27(32)35-31/h4-9,22-26H,10-19H2,1-3H3/t22-,23-,24+,25+,26+,29-,30-,31+/m0/s1. The Bertz CT molecular complexity index is 1050. The number of hydrogen-bond donors (Lipinski definition) is 0. The molecule has 0 radical (unpaired) electrons. The number of carbonyl (C=O) groups excluding carboxylic acids is 2. The highest BCUT2D eigenvalue weighted by molar-refractivity contribution is 5.89. The van der Waals surface area contributed by atoms with Gasteiger partial charge in [-0.05, 0) is 99.0 Å². The maximum atomic E-state index is 12.7. The Morgan fingerprint density at radius 3 is 2.51 bits per heavy atom. The van der Waals surface area contributed by atoms with Crippen molar-refractivity contribution in [1.82, 2.24) is 0 Å². The summed E-state index contributed by atoms with van der Waals surface area (Å²) in [6.45, 7) is 7.23. The van der Waals surface area contributed by atoms with Gasteiger partial charge in [0, 0.05) is 18.8 Å². The molecular weight excluding hydrogens is 436 g/mol. The van der Waals surface area contributed by atoms with Crippen LogP contribution in [0, 0.1) is 34.5 Å². The zero-order valence-corrected chi connectivity index (χ0v) is 21.6. The first-order valence-electron chi connectivity index (χ1n) is 13.9. The summed E-state index contributed by atoms with van der Waals surface area (Å²) < 4.78 is 11.9. The molecule has 6 rings (SSSR count). The molecule has 0 spiro atoms. The van der Waals surface area contributed by atoms with Crippen molar-refractivity contribution < 1.29 is 19.1 Å². The number of carbonyl (C=O) groups is 2. The normalized spacial score (nSPS) is 44.5. The SMILES string of the molecule is C[C@]12CC[C@@H]3[C@@H](CC=C4C[C@@H](OC(=O)c5ccccc5)CC[C@@]43C)[C@H]1CC[C@H]2[C@@]1(C)CCC(=O)O1. The predicted molar refractivity (Wildman–Crippen MR) is 135 cm³/mol. The minimum atomic E-state index is -0.270. The highest BCUT2D eigenvalue weighted by Crippen LogP contribution is 2.68. The third kappa shape index (κ3) is 3.61. The highest BCUT2D eigenvalue weighted by atomic mass is 16.6. The summed E-state index contributed by atoms with van der Waals surface area (Å²) in [5.74, 6) is 2.43. The van der Waals surface area contributed by atoms with E-state index >= 15 is 0 Å². The van der Waals surface area contributed by atoms with Gasteiger partial charge in [-0.2, -0.15) is 0 Å². The predicted octanol–water partition coefficient (Wildman–Crippen LogP) is 6.89. The average Bonchev–Trinajstić information content (AvgIpc) is 3.39. The Hall–Kier alpha value is -2.10. The minimum Gasteiger partial charge on any atom is -0.459 e. The lowest BCUT2D eigenvalue weighted by molar-refractivity contribution is -0.158. The van der Waals surface area contributed by atoms with E-state index in [1.807, 2.05) is 30.3 Å². The molecule has 4 aliphatic carbocycles. The van der Waals surface area contributed by atoms with E-state index in [1.165, 1.54) is 31.3 Å². The molecule has 1 saturated heterocycles. The number of hydrogen-bond acceptors (Lipinski definition) is 4. The number of fused-ring (bicyclic) bond motifs is 5. The molecule has 4 nitrogen and oxygen atoms in total. The largest absolute Gasteiger partial charge is 0.459 e. The van der Waals surface area contributed by atoms with Gasteiger partial charge < -0.3 is 9.47 Å². The van der Waals surface area contributed by atoms with Crippen LogP contribution in [0.5, 0.6) is 0 Å². The van der Waals surface area contributed by atoms with Crippen molar-refractivity contribution in [3.63, 3.8) is 0 Å². The Kier molecular flexibility index (Phi) is 5.47. The van der Waals surface area contributed by atoms with E-state index in [0.29, 0.717) is 29.7 Å². The summed E-state index contributed by atoms with van der Waals surface area (Å²) in [4.78, 5) is 24.7. The lowest BCUT2D eigenvalue weighted by Gasteiger charge is -2.59. The van der Waals surface area contributed by atoms with E-state index in [0.717, 1.165) is 38.0 Å². The number of allylic oxidation sites excluding steroid dienone is 1. The molecule has 4 heteroatoms. The van der Waals surface area contributed by atoms with E-state index in [-0.39, 0.29) is 34.5 Å². The van der Waals surface area contributed by atoms with Crippen LogP contribution in [0.25, 0.3) is 0 Å². The van der Waals surface area contributed by atoms with Crippen molar-refractivity contribution in [2.75, 3.05) is 0 Å². The molecule has 0 unspecified atom stereocenters. The van der Waals surface area contributed by atoms with Crippen LogP contribution in [0.4, 0.5) is 0 Å². The second kappa shape index (κ2) is 8.21. The van der Waals surface area contributed by atoms with Gasteiger partial charge in [0.25, 0.3) is 0 Å². The van der Waals surface area contributed by atoms with Gasteiger partial charge in [0.05, 0.1) is 5.56 Å². The fraction of sp³-hybridized carbons (Fsp3) is 0.677. The fourth-order valence-electron chi connectivity index (χ4n) is 9.48. The molecule has 188 valence electrons. The molecule has 4 fully saturated rings. The van der Waals surface area contributed by atoms with Crippen LogP contribution in [0.1, 0.15) is 95.3 Å². The van der Waals surface area contributed by atoms with Crippen molar-refractivity contribution in [3.8, 4) is 0 Å². The Balaban J connectivity index is 1.19. The van der Waals surface area contributed by atoms with Crippen molar-refractivity contribution >= 4 is 11.9 Å². The summed E-state index contributed by atoms with van der Waals surface area (Å²) in [6.07, 6.45) is 13.0. The topological polar surface area (TPSA) is 52.6 Å². The van der Waals surface area contributed by atoms with Crippen LogP contribution in [-0.4, -0.2) is 23.6 Å². The van der Waals surface area contributed by atoms with Crippen molar-refractivity contribution in [2.24, 2.45) is 34.5 Å². The van der Waals surface area contributed by atoms with Gasteiger partial charge in [-0.1, -0.05) is 43.7 Å². The summed E-state index contributed by atoms with van der Waals surface area (Å²) in [5, 5.41) is 0. The van der Waals surface area contributed by atoms with Gasteiger partial charge in [0.15, 0.2) is 0 Å². The lowest BCUT2D eigenvalue weighted by atomic mass is 9.46. The van der Waals surface area contributed by atoms with Crippen LogP contribution in [0.2, 0.25) is 0 Å². The number of benzene rings is 1. The molecule has 3 saturated carbocycles. The first-order chi connectivity index (χ1) is 16.7. The van der Waals surface area contributed by atoms with Crippen LogP contribution < -0.4 is 0 Å². The number of esters is 2. The van der Waals surface area contributed by atoms with Gasteiger partial charge in [-0.3, -0.25) is 4.79 Å². The average molecular weight is 477 g/mol. The second-order valence-electron chi connectivity index (χ2n) is 12.9. The van der Waals surface area contributed by atoms with E-state index in [1.54, 1.807) is 0 Å². The van der Waals surface area contributed by atoms with Gasteiger partial charge in [0.2, 0.25) is 0 Å². The molecule has 0 amide bonds. The van der Waals surface area contributed by atoms with Crippen LogP contribution >= 0.6 is 0 Å². The van der Waals surface area contributed by atoms with Crippen LogP contribution in [-0.2, 0) is 14.3 Å². The number of ether oxygens (including phenoxy) is 2. The molecule has 1 aromatic rings. The summed E-state index contributed by atoms with van der Waals surface area (Å²) in [5.41, 5.74) is 2.40. The quantitative estimate of drug-likeness (QED) is 0.352. The monoisotopic (exact) mass is 476 g/mol. The van der Waals surface area contributed by atoms with Gasteiger partial charge in [-0.25, -0.2) is 4.79 Å². The van der Waals surface area contributed by atoms with E-state index in [2.05, 4.69) is 26.8 Å². The number of cyclic esters (lactones) is 1. The van der Waals surface area contributed by atoms with Crippen molar-refractivity contribution in [1.29, 1.82) is 0 Å². The maximum absolute atomic E-state index is 12.7. The van der Waals surface area contributed by atoms with Crippen LogP contribution in [0.15, 0.2) is 42.0 Å². The lowest BCUT2D eigenvalue weighted by Crippen LogP contribution is -2.53. The highest BCUT2D eigenvalue weighted by Gasteiger charge is 2.63. The molecule has 1 aliphatic heterocycles. The maximum Gasteiger partial charge on any atom is 0.338 e. The Morgan fingerprint density at radius 1 is 0.971 bits per heavy atom.